The Balaban J connectivity index is 2.71. The van der Waals surface area contributed by atoms with Crippen molar-refractivity contribution in [2.24, 2.45) is 10.7 Å². The fourth-order valence-corrected chi connectivity index (χ4v) is 0.475. The van der Waals surface area contributed by atoms with Crippen LogP contribution in [0.1, 0.15) is 0 Å². The van der Waals surface area contributed by atoms with Crippen molar-refractivity contribution in [3.63, 3.8) is 0 Å². The molecule has 54 valence electrons. The molecular weight excluding hydrogens is 132 g/mol. The number of nitrogens with zero attached hydrogens (tertiary/aromatic N) is 2. The molecule has 5 heteroatoms. The van der Waals surface area contributed by atoms with E-state index < -0.39 is 0 Å². The molecule has 0 saturated heterocycles. The maximum atomic E-state index is 5.24. The second-order valence-corrected chi connectivity index (χ2v) is 1.60. The van der Waals surface area contributed by atoms with Gasteiger partial charge in [0.15, 0.2) is 5.82 Å². The molecule has 1 aromatic heterocycles. The molecule has 0 amide bonds. The minimum atomic E-state index is 0.115. The maximum absolute atomic E-state index is 5.24. The van der Waals surface area contributed by atoms with Crippen molar-refractivity contribution in [1.82, 2.24) is 10.2 Å². The summed E-state index contributed by atoms with van der Waals surface area (Å²) < 4.78 is 4.60. The van der Waals surface area contributed by atoms with E-state index in [4.69, 9.17) is 5.73 Å². The number of H-pyrrole nitrogens is 1. The number of rotatable bonds is 1. The van der Waals surface area contributed by atoms with Gasteiger partial charge in [-0.15, -0.1) is 0 Å². The Kier molecular flexibility index (Phi) is 1.89. The molecule has 1 rings (SSSR count). The molecule has 0 fully saturated rings. The minimum Gasteiger partial charge on any atom is -0.468 e. The third-order valence-electron chi connectivity index (χ3n) is 0.926. The van der Waals surface area contributed by atoms with Crippen LogP contribution in [0.2, 0.25) is 0 Å². The highest BCUT2D eigenvalue weighted by Crippen LogP contribution is 2.02. The van der Waals surface area contributed by atoms with E-state index in [9.17, 15) is 0 Å². The first-order valence-electron chi connectivity index (χ1n) is 2.70. The molecule has 0 aromatic carbocycles. The Hall–Kier alpha value is -1.52. The second kappa shape index (κ2) is 2.86. The van der Waals surface area contributed by atoms with Crippen LogP contribution in [-0.2, 0) is 4.74 Å². The van der Waals surface area contributed by atoms with E-state index in [0.717, 1.165) is 0 Å². The van der Waals surface area contributed by atoms with Gasteiger partial charge in [-0.2, -0.15) is 10.1 Å². The summed E-state index contributed by atoms with van der Waals surface area (Å²) >= 11 is 0. The summed E-state index contributed by atoms with van der Waals surface area (Å²) in [6.07, 6.45) is 1.59. The van der Waals surface area contributed by atoms with Crippen LogP contribution in [0.15, 0.2) is 17.3 Å². The Bertz CT molecular complexity index is 216. The van der Waals surface area contributed by atoms with E-state index in [-0.39, 0.29) is 6.02 Å². The molecule has 0 saturated carbocycles. The van der Waals surface area contributed by atoms with E-state index in [1.54, 1.807) is 12.3 Å². The third kappa shape index (κ3) is 1.48. The molecular formula is C5H8N4O. The summed E-state index contributed by atoms with van der Waals surface area (Å²) in [6.45, 7) is 0. The average Bonchev–Trinajstić information content (AvgIpc) is 2.40. The monoisotopic (exact) mass is 140 g/mol. The molecule has 5 nitrogen and oxygen atoms in total. The number of ether oxygens (including phenoxy) is 1. The van der Waals surface area contributed by atoms with Crippen molar-refractivity contribution in [3.05, 3.63) is 12.3 Å². The van der Waals surface area contributed by atoms with Crippen molar-refractivity contribution in [3.8, 4) is 0 Å². The largest absolute Gasteiger partial charge is 0.468 e. The number of aromatic amines is 1. The highest BCUT2D eigenvalue weighted by molar-refractivity contribution is 5.74. The van der Waals surface area contributed by atoms with E-state index in [0.29, 0.717) is 5.82 Å². The van der Waals surface area contributed by atoms with Gasteiger partial charge >= 0.3 is 0 Å². The number of methoxy groups -OCH3 is 1. The first kappa shape index (κ1) is 6.60. The first-order chi connectivity index (χ1) is 4.83. The molecule has 0 spiro atoms. The van der Waals surface area contributed by atoms with Crippen LogP contribution in [0.5, 0.6) is 0 Å². The van der Waals surface area contributed by atoms with Crippen LogP contribution in [0, 0.1) is 0 Å². The van der Waals surface area contributed by atoms with Crippen LogP contribution < -0.4 is 5.73 Å². The number of hydrogen-bond donors (Lipinski definition) is 2. The number of amidine groups is 1. The summed E-state index contributed by atoms with van der Waals surface area (Å²) in [5.74, 6) is 0.583. The van der Waals surface area contributed by atoms with Gasteiger partial charge in [-0.1, -0.05) is 0 Å². The Morgan fingerprint density at radius 1 is 1.90 bits per heavy atom. The number of aliphatic imine (C=N–C) groups is 1. The minimum absolute atomic E-state index is 0.115. The molecule has 10 heavy (non-hydrogen) atoms. The van der Waals surface area contributed by atoms with Gasteiger partial charge in [0.2, 0.25) is 0 Å². The molecule has 0 atom stereocenters. The van der Waals surface area contributed by atoms with Crippen molar-refractivity contribution in [2.45, 2.75) is 0 Å². The van der Waals surface area contributed by atoms with Crippen LogP contribution in [-0.4, -0.2) is 23.3 Å². The van der Waals surface area contributed by atoms with Crippen molar-refractivity contribution in [1.29, 1.82) is 0 Å². The molecule has 0 aliphatic carbocycles. The number of aromatic nitrogens is 2. The Morgan fingerprint density at radius 3 is 3.20 bits per heavy atom. The summed E-state index contributed by atoms with van der Waals surface area (Å²) in [4.78, 5) is 3.79. The molecule has 0 unspecified atom stereocenters. The van der Waals surface area contributed by atoms with Gasteiger partial charge in [-0.05, 0) is 0 Å². The van der Waals surface area contributed by atoms with Gasteiger partial charge in [-0.25, -0.2) is 0 Å². The normalized spacial score (nSPS) is 11.5. The lowest BCUT2D eigenvalue weighted by molar-refractivity contribution is 0.397. The molecule has 1 aromatic rings. The van der Waals surface area contributed by atoms with E-state index >= 15 is 0 Å². The Morgan fingerprint density at radius 2 is 2.70 bits per heavy atom. The predicted octanol–water partition coefficient (Wildman–Crippen LogP) is 0.00230. The van der Waals surface area contributed by atoms with E-state index in [1.165, 1.54) is 7.11 Å². The zero-order valence-corrected chi connectivity index (χ0v) is 5.53. The number of nitrogens with one attached hydrogen (secondary N) is 1. The Labute approximate surface area is 57.9 Å². The number of nitrogens with two attached hydrogens (primary N) is 1. The van der Waals surface area contributed by atoms with Crippen LogP contribution >= 0.6 is 0 Å². The zero-order valence-electron chi connectivity index (χ0n) is 5.53. The fourth-order valence-electron chi connectivity index (χ4n) is 0.475. The fraction of sp³-hybridized carbons (Fsp3) is 0.200. The quantitative estimate of drug-likeness (QED) is 0.426. The second-order valence-electron chi connectivity index (χ2n) is 1.60. The lowest BCUT2D eigenvalue weighted by Crippen LogP contribution is -2.12. The van der Waals surface area contributed by atoms with Gasteiger partial charge in [0.25, 0.3) is 6.02 Å². The molecule has 0 aliphatic rings. The van der Waals surface area contributed by atoms with Crippen LogP contribution in [0.25, 0.3) is 0 Å². The smallest absolute Gasteiger partial charge is 0.288 e. The third-order valence-corrected chi connectivity index (χ3v) is 0.926. The summed E-state index contributed by atoms with van der Waals surface area (Å²) in [5.41, 5.74) is 5.24. The van der Waals surface area contributed by atoms with Crippen molar-refractivity contribution < 1.29 is 4.74 Å². The topological polar surface area (TPSA) is 76.3 Å². The first-order valence-corrected chi connectivity index (χ1v) is 2.70. The average molecular weight is 140 g/mol. The van der Waals surface area contributed by atoms with Crippen LogP contribution in [0.4, 0.5) is 5.82 Å². The maximum Gasteiger partial charge on any atom is 0.288 e. The summed E-state index contributed by atoms with van der Waals surface area (Å²) in [5, 5.41) is 6.27. The highest BCUT2D eigenvalue weighted by Gasteiger charge is 1.90. The SMILES string of the molecule is CO/C(N)=N\c1ccn[nH]1. The molecule has 3 N–H and O–H groups in total. The summed E-state index contributed by atoms with van der Waals surface area (Å²) in [6, 6.07) is 1.80. The van der Waals surface area contributed by atoms with Gasteiger partial charge in [0.1, 0.15) is 0 Å². The van der Waals surface area contributed by atoms with Gasteiger partial charge in [0, 0.05) is 6.07 Å². The molecule has 0 aliphatic heterocycles. The predicted molar refractivity (Wildman–Crippen MR) is 36.9 cm³/mol. The van der Waals surface area contributed by atoms with Crippen molar-refractivity contribution >= 4 is 11.8 Å². The highest BCUT2D eigenvalue weighted by atomic mass is 16.5. The van der Waals surface area contributed by atoms with E-state index in [2.05, 4.69) is 19.9 Å². The molecule has 0 bridgehead atoms. The molecule has 0 radical (unpaired) electrons. The van der Waals surface area contributed by atoms with E-state index in [1.807, 2.05) is 0 Å². The van der Waals surface area contributed by atoms with Gasteiger partial charge in [0.05, 0.1) is 13.3 Å². The van der Waals surface area contributed by atoms with Gasteiger partial charge in [-0.3, -0.25) is 5.10 Å². The lowest BCUT2D eigenvalue weighted by Gasteiger charge is -1.93. The van der Waals surface area contributed by atoms with Crippen molar-refractivity contribution in [2.75, 3.05) is 7.11 Å². The standard InChI is InChI=1S/C5H8N4O/c1-10-5(6)8-4-2-3-7-9-4/h2-3H,1H3,(H3,6,7,8,9). The zero-order chi connectivity index (χ0) is 7.40. The molecule has 1 heterocycles. The van der Waals surface area contributed by atoms with Crippen LogP contribution in [0.3, 0.4) is 0 Å². The summed E-state index contributed by atoms with van der Waals surface area (Å²) in [7, 11) is 1.45. The van der Waals surface area contributed by atoms with Gasteiger partial charge < -0.3 is 10.5 Å². The lowest BCUT2D eigenvalue weighted by atomic mass is 10.7. The number of hydrogen-bond acceptors (Lipinski definition) is 3.